The lowest BCUT2D eigenvalue weighted by molar-refractivity contribution is -0.138. The Morgan fingerprint density at radius 1 is 0.436 bits per heavy atom. The van der Waals surface area contributed by atoms with Gasteiger partial charge >= 0.3 is 5.97 Å². The Kier molecular flexibility index (Phi) is 44.5. The molecule has 0 saturated carbocycles. The summed E-state index contributed by atoms with van der Waals surface area (Å²) in [4.78, 5) is 53.2. The summed E-state index contributed by atoms with van der Waals surface area (Å²) in [6.45, 7) is 30.0. The fraction of sp³-hybridized carbons (Fsp3) is 0.864. The first-order chi connectivity index (χ1) is 25.3. The van der Waals surface area contributed by atoms with E-state index in [0.717, 1.165) is 32.1 Å². The Bertz CT molecular complexity index is 903. The molecule has 5 atom stereocenters. The fourth-order valence-corrected chi connectivity index (χ4v) is 6.28. The van der Waals surface area contributed by atoms with Crippen LogP contribution < -0.4 is 22.9 Å². The molecule has 1 unspecified atom stereocenters. The third-order valence-corrected chi connectivity index (χ3v) is 8.22. The summed E-state index contributed by atoms with van der Waals surface area (Å²) in [6.07, 6.45) is 7.49. The van der Waals surface area contributed by atoms with Gasteiger partial charge in [-0.3, -0.25) is 9.59 Å². The molecule has 0 radical (unpaired) electrons. The third-order valence-electron chi connectivity index (χ3n) is 8.22. The molecule has 0 aromatic rings. The second kappa shape index (κ2) is 39.7. The Balaban J connectivity index is -0.000000189. The van der Waals surface area contributed by atoms with Gasteiger partial charge in [0.1, 0.15) is 23.1 Å². The first-order valence-electron chi connectivity index (χ1n) is 20.7. The van der Waals surface area contributed by atoms with Gasteiger partial charge in [0.2, 0.25) is 0 Å². The van der Waals surface area contributed by atoms with E-state index in [0.29, 0.717) is 99.2 Å². The molecule has 0 spiro atoms. The monoisotopic (exact) mass is 784 g/mol. The number of nitrogens with two attached hydrogens (primary N) is 4. The van der Waals surface area contributed by atoms with Crippen LogP contribution in [-0.2, 0) is 24.0 Å². The number of Topliss-reactive ketones (excluding diaryl/α,β-unsaturated/α-hetero) is 4. The van der Waals surface area contributed by atoms with E-state index in [2.05, 4.69) is 75.3 Å². The SMILES string of the molecule is CC(=O)CC(C#N)CC(C)C.CC(=O)C[C@@H](CN)CC(C)C.CC(=O)C[C@@H](CN)CC(C)C.CC(=O)C[C@@H](CN)CC(C)C.CC(C)C[C@H](CN)CC(=O)O. The Morgan fingerprint density at radius 2 is 0.655 bits per heavy atom. The van der Waals surface area contributed by atoms with Gasteiger partial charge in [-0.25, -0.2) is 0 Å². The number of carboxylic acids is 1. The largest absolute Gasteiger partial charge is 0.481 e. The molecule has 9 N–H and O–H groups in total. The van der Waals surface area contributed by atoms with Crippen molar-refractivity contribution in [3.63, 3.8) is 0 Å². The van der Waals surface area contributed by atoms with Crippen LogP contribution in [0.2, 0.25) is 0 Å². The molecular formula is C44H89N5O6. The van der Waals surface area contributed by atoms with Gasteiger partial charge in [0.05, 0.1) is 12.0 Å². The van der Waals surface area contributed by atoms with Crippen molar-refractivity contribution in [2.45, 2.75) is 161 Å². The van der Waals surface area contributed by atoms with Crippen LogP contribution in [0.4, 0.5) is 0 Å². The van der Waals surface area contributed by atoms with Crippen molar-refractivity contribution >= 4 is 29.1 Å². The van der Waals surface area contributed by atoms with E-state index in [1.165, 1.54) is 6.92 Å². The summed E-state index contributed by atoms with van der Waals surface area (Å²) >= 11 is 0. The molecule has 0 amide bonds. The number of carboxylic acid groups (broad SMARTS) is 1. The standard InChI is InChI=1S/3C9H19NO.C9H15NO.C8H17NO2/c4*1-7(2)4-9(6-10)5-8(3)11;1-6(2)3-7(5-9)4-8(10)11/h3*7,9H,4-6,10H2,1-3H3;7,9H,4-5H2,1-3H3;6-7H,3-5,9H2,1-2H3,(H,10,11)/t3*9-;;7-/m000.0/s1. The minimum Gasteiger partial charge on any atom is -0.481 e. The summed E-state index contributed by atoms with van der Waals surface area (Å²) in [6, 6.07) is 2.14. The summed E-state index contributed by atoms with van der Waals surface area (Å²) in [5.74, 6) is 4.32. The average molecular weight is 784 g/mol. The predicted molar refractivity (Wildman–Crippen MR) is 230 cm³/mol. The van der Waals surface area contributed by atoms with Crippen molar-refractivity contribution in [1.29, 1.82) is 5.26 Å². The number of rotatable bonds is 24. The number of aliphatic carboxylic acids is 1. The van der Waals surface area contributed by atoms with Crippen molar-refractivity contribution < 1.29 is 29.1 Å². The average Bonchev–Trinajstić information content (AvgIpc) is 3.02. The van der Waals surface area contributed by atoms with Crippen molar-refractivity contribution in [1.82, 2.24) is 0 Å². The number of carbonyl (C=O) groups excluding carboxylic acids is 4. The molecule has 0 aliphatic carbocycles. The van der Waals surface area contributed by atoms with E-state index < -0.39 is 5.97 Å². The van der Waals surface area contributed by atoms with Gasteiger partial charge in [-0.05, 0) is 139 Å². The molecule has 55 heavy (non-hydrogen) atoms. The maximum Gasteiger partial charge on any atom is 0.303 e. The highest BCUT2D eigenvalue weighted by Crippen LogP contribution is 2.17. The van der Waals surface area contributed by atoms with Gasteiger partial charge < -0.3 is 42.4 Å². The van der Waals surface area contributed by atoms with Crippen molar-refractivity contribution in [3.8, 4) is 6.07 Å². The Hall–Kier alpha value is -2.52. The van der Waals surface area contributed by atoms with Gasteiger partial charge in [-0.2, -0.15) is 5.26 Å². The quantitative estimate of drug-likeness (QED) is 0.0629. The van der Waals surface area contributed by atoms with Crippen molar-refractivity contribution in [2.24, 2.45) is 82.1 Å². The van der Waals surface area contributed by atoms with Gasteiger partial charge in [-0.1, -0.05) is 69.2 Å². The molecule has 0 bridgehead atoms. The topological polar surface area (TPSA) is 233 Å². The van der Waals surface area contributed by atoms with E-state index in [1.54, 1.807) is 20.8 Å². The van der Waals surface area contributed by atoms with Crippen LogP contribution in [-0.4, -0.2) is 60.4 Å². The van der Waals surface area contributed by atoms with Crippen LogP contribution in [0.25, 0.3) is 0 Å². The normalized spacial score (nSPS) is 13.3. The van der Waals surface area contributed by atoms with Gasteiger partial charge in [-0.15, -0.1) is 0 Å². The molecule has 0 aromatic carbocycles. The highest BCUT2D eigenvalue weighted by atomic mass is 16.4. The number of nitriles is 1. The zero-order valence-corrected chi connectivity index (χ0v) is 37.9. The van der Waals surface area contributed by atoms with E-state index in [-0.39, 0.29) is 41.4 Å². The summed E-state index contributed by atoms with van der Waals surface area (Å²) in [5.41, 5.74) is 22.0. The molecule has 326 valence electrons. The number of hydrogen-bond donors (Lipinski definition) is 5. The smallest absolute Gasteiger partial charge is 0.303 e. The zero-order chi connectivity index (χ0) is 44.3. The van der Waals surface area contributed by atoms with Crippen LogP contribution in [0.1, 0.15) is 161 Å². The van der Waals surface area contributed by atoms with Crippen LogP contribution in [0.15, 0.2) is 0 Å². The molecule has 0 heterocycles. The lowest BCUT2D eigenvalue weighted by Crippen LogP contribution is -2.19. The minimum atomic E-state index is -0.749. The lowest BCUT2D eigenvalue weighted by atomic mass is 9.93. The third kappa shape index (κ3) is 55.9. The first kappa shape index (κ1) is 61.7. The second-order valence-electron chi connectivity index (χ2n) is 17.6. The first-order valence-corrected chi connectivity index (χ1v) is 20.7. The summed E-state index contributed by atoms with van der Waals surface area (Å²) in [5, 5.41) is 17.1. The highest BCUT2D eigenvalue weighted by Gasteiger charge is 2.14. The number of ketones is 4. The number of nitrogens with zero attached hydrogens (tertiary/aromatic N) is 1. The van der Waals surface area contributed by atoms with E-state index in [9.17, 15) is 24.0 Å². The number of hydrogen-bond acceptors (Lipinski definition) is 10. The molecule has 0 saturated heterocycles. The lowest BCUT2D eigenvalue weighted by Gasteiger charge is -2.14. The molecule has 0 aliphatic heterocycles. The van der Waals surface area contributed by atoms with Crippen LogP contribution in [0.5, 0.6) is 0 Å². The van der Waals surface area contributed by atoms with Crippen LogP contribution in [0, 0.1) is 70.5 Å². The van der Waals surface area contributed by atoms with E-state index in [1.807, 2.05) is 0 Å². The highest BCUT2D eigenvalue weighted by molar-refractivity contribution is 5.76. The van der Waals surface area contributed by atoms with Gasteiger partial charge in [0, 0.05) is 32.1 Å². The molecule has 0 fully saturated rings. The maximum absolute atomic E-state index is 10.7. The minimum absolute atomic E-state index is 0.0764. The Morgan fingerprint density at radius 3 is 0.800 bits per heavy atom. The molecule has 0 aromatic heterocycles. The zero-order valence-electron chi connectivity index (χ0n) is 37.9. The van der Waals surface area contributed by atoms with Gasteiger partial charge in [0.25, 0.3) is 0 Å². The predicted octanol–water partition coefficient (Wildman–Crippen LogP) is 7.99. The fourth-order valence-electron chi connectivity index (χ4n) is 6.28. The molecule has 11 heteroatoms. The van der Waals surface area contributed by atoms with E-state index >= 15 is 0 Å². The summed E-state index contributed by atoms with van der Waals surface area (Å²) < 4.78 is 0. The molecule has 0 rings (SSSR count). The van der Waals surface area contributed by atoms with Crippen molar-refractivity contribution in [3.05, 3.63) is 0 Å². The molecule has 0 aliphatic rings. The molecule has 11 nitrogen and oxygen atoms in total. The summed E-state index contributed by atoms with van der Waals surface area (Å²) in [7, 11) is 0. The van der Waals surface area contributed by atoms with Crippen LogP contribution >= 0.6 is 0 Å². The maximum atomic E-state index is 10.7. The number of carbonyl (C=O) groups is 5. The Labute approximate surface area is 338 Å². The second-order valence-corrected chi connectivity index (χ2v) is 17.6. The molecular weight excluding hydrogens is 695 g/mol. The van der Waals surface area contributed by atoms with Crippen molar-refractivity contribution in [2.75, 3.05) is 26.2 Å². The van der Waals surface area contributed by atoms with Gasteiger partial charge in [0.15, 0.2) is 0 Å². The van der Waals surface area contributed by atoms with Crippen LogP contribution in [0.3, 0.4) is 0 Å². The van der Waals surface area contributed by atoms with E-state index in [4.69, 9.17) is 33.3 Å².